The predicted octanol–water partition coefficient (Wildman–Crippen LogP) is 1.30. The summed E-state index contributed by atoms with van der Waals surface area (Å²) in [5.74, 6) is -0.278. The standard InChI is InChI=1S/C11H23NO3/c1-4-7-12(3)8-6-9-14-10-11(13)15-5-2/h4-10H2,1-3H3. The van der Waals surface area contributed by atoms with E-state index in [9.17, 15) is 4.79 Å². The Hall–Kier alpha value is -0.610. The lowest BCUT2D eigenvalue weighted by atomic mass is 10.4. The van der Waals surface area contributed by atoms with Gasteiger partial charge in [-0.15, -0.1) is 0 Å². The van der Waals surface area contributed by atoms with Crippen LogP contribution in [0.5, 0.6) is 0 Å². The first-order valence-corrected chi connectivity index (χ1v) is 5.62. The van der Waals surface area contributed by atoms with E-state index in [1.165, 1.54) is 6.42 Å². The molecule has 4 heteroatoms. The van der Waals surface area contributed by atoms with Crippen molar-refractivity contribution in [3.63, 3.8) is 0 Å². The van der Waals surface area contributed by atoms with Gasteiger partial charge >= 0.3 is 5.97 Å². The maximum absolute atomic E-state index is 10.9. The summed E-state index contributed by atoms with van der Waals surface area (Å²) in [4.78, 5) is 13.1. The fraction of sp³-hybridized carbons (Fsp3) is 0.909. The van der Waals surface area contributed by atoms with Gasteiger partial charge in [0.15, 0.2) is 0 Å². The van der Waals surface area contributed by atoms with E-state index in [0.717, 1.165) is 19.5 Å². The third kappa shape index (κ3) is 9.69. The number of rotatable bonds is 9. The molecule has 0 heterocycles. The zero-order chi connectivity index (χ0) is 11.5. The quantitative estimate of drug-likeness (QED) is 0.431. The SMILES string of the molecule is CCCN(C)CCCOCC(=O)OCC. The third-order valence-corrected chi connectivity index (χ3v) is 1.96. The number of ether oxygens (including phenoxy) is 2. The normalized spacial score (nSPS) is 10.7. The van der Waals surface area contributed by atoms with Crippen LogP contribution in [0.15, 0.2) is 0 Å². The van der Waals surface area contributed by atoms with Crippen LogP contribution in [0.25, 0.3) is 0 Å². The van der Waals surface area contributed by atoms with Crippen molar-refractivity contribution in [3.8, 4) is 0 Å². The Bertz CT molecular complexity index is 162. The number of carbonyl (C=O) groups excluding carboxylic acids is 1. The van der Waals surface area contributed by atoms with Gasteiger partial charge in [-0.1, -0.05) is 6.92 Å². The summed E-state index contributed by atoms with van der Waals surface area (Å²) < 4.78 is 9.91. The first kappa shape index (κ1) is 14.4. The molecule has 4 nitrogen and oxygen atoms in total. The minimum Gasteiger partial charge on any atom is -0.464 e. The lowest BCUT2D eigenvalue weighted by Gasteiger charge is -2.14. The van der Waals surface area contributed by atoms with Crippen LogP contribution in [0.1, 0.15) is 26.7 Å². The lowest BCUT2D eigenvalue weighted by Crippen LogP contribution is -2.22. The molecule has 90 valence electrons. The number of hydrogen-bond acceptors (Lipinski definition) is 4. The van der Waals surface area contributed by atoms with E-state index in [-0.39, 0.29) is 12.6 Å². The molecule has 0 aliphatic rings. The Morgan fingerprint density at radius 3 is 2.60 bits per heavy atom. The Balaban J connectivity index is 3.20. The fourth-order valence-corrected chi connectivity index (χ4v) is 1.29. The van der Waals surface area contributed by atoms with Crippen molar-refractivity contribution in [2.24, 2.45) is 0 Å². The molecular formula is C11H23NO3. The summed E-state index contributed by atoms with van der Waals surface area (Å²) in [5.41, 5.74) is 0. The third-order valence-electron chi connectivity index (χ3n) is 1.96. The van der Waals surface area contributed by atoms with Crippen LogP contribution in [0.2, 0.25) is 0 Å². The number of esters is 1. The van der Waals surface area contributed by atoms with Gasteiger partial charge in [-0.25, -0.2) is 4.79 Å². The monoisotopic (exact) mass is 217 g/mol. The maximum Gasteiger partial charge on any atom is 0.332 e. The minimum atomic E-state index is -0.278. The molecule has 0 saturated heterocycles. The van der Waals surface area contributed by atoms with Crippen molar-refractivity contribution in [2.75, 3.05) is 40.0 Å². The second kappa shape index (κ2) is 9.93. The van der Waals surface area contributed by atoms with Crippen LogP contribution >= 0.6 is 0 Å². The van der Waals surface area contributed by atoms with Crippen LogP contribution < -0.4 is 0 Å². The van der Waals surface area contributed by atoms with Crippen molar-refractivity contribution in [2.45, 2.75) is 26.7 Å². The molecule has 0 fully saturated rings. The van der Waals surface area contributed by atoms with E-state index < -0.39 is 0 Å². The van der Waals surface area contributed by atoms with E-state index in [2.05, 4.69) is 18.9 Å². The molecular weight excluding hydrogens is 194 g/mol. The fourth-order valence-electron chi connectivity index (χ4n) is 1.29. The van der Waals surface area contributed by atoms with Crippen LogP contribution in [-0.2, 0) is 14.3 Å². The van der Waals surface area contributed by atoms with Crippen molar-refractivity contribution < 1.29 is 14.3 Å². The van der Waals surface area contributed by atoms with Crippen molar-refractivity contribution in [3.05, 3.63) is 0 Å². The summed E-state index contributed by atoms with van der Waals surface area (Å²) in [6, 6.07) is 0. The van der Waals surface area contributed by atoms with Crippen molar-refractivity contribution in [1.82, 2.24) is 4.90 Å². The number of hydrogen-bond donors (Lipinski definition) is 0. The van der Waals surface area contributed by atoms with Gasteiger partial charge in [0, 0.05) is 13.2 Å². The Morgan fingerprint density at radius 1 is 1.27 bits per heavy atom. The second-order valence-corrected chi connectivity index (χ2v) is 3.51. The Morgan fingerprint density at radius 2 is 2.00 bits per heavy atom. The summed E-state index contributed by atoms with van der Waals surface area (Å²) in [7, 11) is 2.09. The van der Waals surface area contributed by atoms with Gasteiger partial charge in [-0.05, 0) is 33.4 Å². The summed E-state index contributed by atoms with van der Waals surface area (Å²) in [5, 5.41) is 0. The van der Waals surface area contributed by atoms with E-state index in [0.29, 0.717) is 13.2 Å². The maximum atomic E-state index is 10.9. The topological polar surface area (TPSA) is 38.8 Å². The highest BCUT2D eigenvalue weighted by atomic mass is 16.6. The summed E-state index contributed by atoms with van der Waals surface area (Å²) in [6.07, 6.45) is 2.12. The highest BCUT2D eigenvalue weighted by molar-refractivity contribution is 5.70. The molecule has 0 aromatic carbocycles. The predicted molar refractivity (Wildman–Crippen MR) is 59.9 cm³/mol. The zero-order valence-electron chi connectivity index (χ0n) is 10.1. The van der Waals surface area contributed by atoms with Crippen molar-refractivity contribution in [1.29, 1.82) is 0 Å². The highest BCUT2D eigenvalue weighted by Gasteiger charge is 2.01. The Kier molecular flexibility index (Phi) is 9.52. The van der Waals surface area contributed by atoms with Gasteiger partial charge in [-0.3, -0.25) is 0 Å². The minimum absolute atomic E-state index is 0.0747. The van der Waals surface area contributed by atoms with Gasteiger partial charge in [0.05, 0.1) is 6.61 Å². The van der Waals surface area contributed by atoms with Crippen LogP contribution in [0.3, 0.4) is 0 Å². The number of nitrogens with zero attached hydrogens (tertiary/aromatic N) is 1. The largest absolute Gasteiger partial charge is 0.464 e. The van der Waals surface area contributed by atoms with Gasteiger partial charge < -0.3 is 14.4 Å². The average Bonchev–Trinajstić information content (AvgIpc) is 2.18. The molecule has 0 bridgehead atoms. The molecule has 0 aromatic rings. The van der Waals surface area contributed by atoms with Gasteiger partial charge in [-0.2, -0.15) is 0 Å². The highest BCUT2D eigenvalue weighted by Crippen LogP contribution is 1.91. The average molecular weight is 217 g/mol. The van der Waals surface area contributed by atoms with Crippen LogP contribution in [0.4, 0.5) is 0 Å². The molecule has 0 N–H and O–H groups in total. The molecule has 15 heavy (non-hydrogen) atoms. The Labute approximate surface area is 92.5 Å². The molecule has 0 aliphatic heterocycles. The molecule has 0 amide bonds. The molecule has 0 unspecified atom stereocenters. The van der Waals surface area contributed by atoms with Gasteiger partial charge in [0.1, 0.15) is 6.61 Å². The molecule has 0 saturated carbocycles. The molecule has 0 aliphatic carbocycles. The molecule has 0 radical (unpaired) electrons. The van der Waals surface area contributed by atoms with E-state index in [1.807, 2.05) is 0 Å². The lowest BCUT2D eigenvalue weighted by molar-refractivity contribution is -0.148. The second-order valence-electron chi connectivity index (χ2n) is 3.51. The van der Waals surface area contributed by atoms with Gasteiger partial charge in [0.25, 0.3) is 0 Å². The first-order valence-electron chi connectivity index (χ1n) is 5.62. The van der Waals surface area contributed by atoms with Crippen molar-refractivity contribution >= 4 is 5.97 Å². The summed E-state index contributed by atoms with van der Waals surface area (Å²) in [6.45, 7) is 7.18. The van der Waals surface area contributed by atoms with E-state index in [1.54, 1.807) is 6.92 Å². The zero-order valence-corrected chi connectivity index (χ0v) is 10.1. The van der Waals surface area contributed by atoms with Crippen LogP contribution in [-0.4, -0.2) is 50.8 Å². The van der Waals surface area contributed by atoms with Crippen LogP contribution in [0, 0.1) is 0 Å². The number of carbonyl (C=O) groups is 1. The van der Waals surface area contributed by atoms with E-state index in [4.69, 9.17) is 9.47 Å². The molecule has 0 atom stereocenters. The molecule has 0 rings (SSSR count). The van der Waals surface area contributed by atoms with Gasteiger partial charge in [0.2, 0.25) is 0 Å². The first-order chi connectivity index (χ1) is 7.20. The molecule has 0 spiro atoms. The molecule has 0 aromatic heterocycles. The summed E-state index contributed by atoms with van der Waals surface area (Å²) >= 11 is 0. The van der Waals surface area contributed by atoms with E-state index >= 15 is 0 Å². The smallest absolute Gasteiger partial charge is 0.332 e.